The monoisotopic (exact) mass is 375 g/mol. The molecule has 0 bridgehead atoms. The zero-order chi connectivity index (χ0) is 14.1. The van der Waals surface area contributed by atoms with Gasteiger partial charge in [-0.05, 0) is 30.7 Å². The number of nitrogens with zero attached hydrogens (tertiary/aromatic N) is 1. The summed E-state index contributed by atoms with van der Waals surface area (Å²) in [6.07, 6.45) is 1.33. The third-order valence-electron chi connectivity index (χ3n) is 3.62. The van der Waals surface area contributed by atoms with Gasteiger partial charge in [0.25, 0.3) is 5.91 Å². The Hall–Kier alpha value is -0.0400. The van der Waals surface area contributed by atoms with E-state index in [1.54, 1.807) is 11.3 Å². The van der Waals surface area contributed by atoms with Gasteiger partial charge in [0.1, 0.15) is 0 Å². The van der Waals surface area contributed by atoms with Crippen molar-refractivity contribution in [2.24, 2.45) is 0 Å². The molecule has 6 heteroatoms. The maximum atomic E-state index is 12.7. The highest BCUT2D eigenvalue weighted by Crippen LogP contribution is 2.32. The number of hydrogen-bond donors (Lipinski definition) is 0. The number of morpholine rings is 1. The van der Waals surface area contributed by atoms with Crippen molar-refractivity contribution in [3.05, 3.63) is 21.4 Å². The van der Waals surface area contributed by atoms with Crippen LogP contribution in [0.25, 0.3) is 0 Å². The number of rotatable bonds is 2. The Labute approximate surface area is 136 Å². The van der Waals surface area contributed by atoms with E-state index < -0.39 is 0 Å². The molecule has 0 aromatic carbocycles. The van der Waals surface area contributed by atoms with Crippen LogP contribution in [0, 0.1) is 0 Å². The van der Waals surface area contributed by atoms with Crippen molar-refractivity contribution >= 4 is 44.9 Å². The molecule has 2 aliphatic heterocycles. The van der Waals surface area contributed by atoms with Crippen molar-refractivity contribution in [1.82, 2.24) is 4.90 Å². The molecule has 1 aromatic heterocycles. The fraction of sp³-hybridized carbons (Fsp3) is 0.643. The highest BCUT2D eigenvalue weighted by atomic mass is 79.9. The Morgan fingerprint density at radius 2 is 2.40 bits per heavy atom. The summed E-state index contributed by atoms with van der Waals surface area (Å²) in [5.41, 5.74) is 1.37. The number of halogens is 1. The Kier molecular flexibility index (Phi) is 4.75. The minimum Gasteiger partial charge on any atom is -0.371 e. The summed E-state index contributed by atoms with van der Waals surface area (Å²) in [5.74, 6) is 2.42. The van der Waals surface area contributed by atoms with Crippen LogP contribution in [-0.2, 0) is 16.9 Å². The van der Waals surface area contributed by atoms with Gasteiger partial charge in [-0.2, -0.15) is 11.8 Å². The first-order valence-corrected chi connectivity index (χ1v) is 9.96. The van der Waals surface area contributed by atoms with Gasteiger partial charge in [0.2, 0.25) is 0 Å². The second kappa shape index (κ2) is 6.38. The van der Waals surface area contributed by atoms with E-state index in [-0.39, 0.29) is 18.1 Å². The molecule has 1 fully saturated rings. The summed E-state index contributed by atoms with van der Waals surface area (Å²) in [7, 11) is 0. The summed E-state index contributed by atoms with van der Waals surface area (Å²) in [4.78, 5) is 16.9. The maximum absolute atomic E-state index is 12.7. The first-order chi connectivity index (χ1) is 9.67. The normalized spacial score (nSPS) is 26.4. The minimum absolute atomic E-state index is 0.104. The molecule has 2 unspecified atom stereocenters. The summed E-state index contributed by atoms with van der Waals surface area (Å²) >= 11 is 7.10. The summed E-state index contributed by atoms with van der Waals surface area (Å²) in [6.45, 7) is 3.41. The largest absolute Gasteiger partial charge is 0.371 e. The van der Waals surface area contributed by atoms with Crippen LogP contribution in [-0.4, -0.2) is 47.2 Å². The van der Waals surface area contributed by atoms with Crippen molar-refractivity contribution < 1.29 is 9.53 Å². The van der Waals surface area contributed by atoms with E-state index >= 15 is 0 Å². The smallest absolute Gasteiger partial charge is 0.264 e. The van der Waals surface area contributed by atoms with Crippen molar-refractivity contribution in [3.8, 4) is 0 Å². The number of amides is 1. The zero-order valence-corrected chi connectivity index (χ0v) is 14.7. The number of thioether (sulfide) groups is 1. The van der Waals surface area contributed by atoms with Crippen LogP contribution in [0.4, 0.5) is 0 Å². The van der Waals surface area contributed by atoms with Gasteiger partial charge in [0.15, 0.2) is 0 Å². The standard InChI is InChI=1S/C14H18BrNO2S2/c1-9-6-16(7-11(5-15)18-9)14(17)13-4-10-8-19-3-2-12(10)20-13/h4,9,11H,2-3,5-8H2,1H3. The molecule has 1 amide bonds. The van der Waals surface area contributed by atoms with Crippen LogP contribution in [0.1, 0.15) is 27.0 Å². The van der Waals surface area contributed by atoms with E-state index in [1.807, 2.05) is 23.6 Å². The first kappa shape index (κ1) is 14.9. The highest BCUT2D eigenvalue weighted by molar-refractivity contribution is 9.09. The Morgan fingerprint density at radius 3 is 3.15 bits per heavy atom. The van der Waals surface area contributed by atoms with Crippen LogP contribution >= 0.6 is 39.0 Å². The van der Waals surface area contributed by atoms with Gasteiger partial charge in [-0.25, -0.2) is 0 Å². The average Bonchev–Trinajstić information content (AvgIpc) is 2.89. The first-order valence-electron chi connectivity index (χ1n) is 6.87. The third kappa shape index (κ3) is 3.08. The lowest BCUT2D eigenvalue weighted by Gasteiger charge is -2.35. The van der Waals surface area contributed by atoms with Crippen LogP contribution < -0.4 is 0 Å². The molecular weight excluding hydrogens is 358 g/mol. The fourth-order valence-corrected chi connectivity index (χ4v) is 5.40. The Morgan fingerprint density at radius 1 is 1.55 bits per heavy atom. The number of fused-ring (bicyclic) bond motifs is 1. The minimum atomic E-state index is 0.104. The van der Waals surface area contributed by atoms with Gasteiger partial charge in [0, 0.05) is 29.0 Å². The topological polar surface area (TPSA) is 29.5 Å². The van der Waals surface area contributed by atoms with Crippen LogP contribution in [0.15, 0.2) is 6.07 Å². The predicted molar refractivity (Wildman–Crippen MR) is 88.2 cm³/mol. The lowest BCUT2D eigenvalue weighted by molar-refractivity contribution is -0.0558. The highest BCUT2D eigenvalue weighted by Gasteiger charge is 2.29. The molecule has 0 N–H and O–H groups in total. The summed E-state index contributed by atoms with van der Waals surface area (Å²) in [6, 6.07) is 2.11. The molecule has 0 saturated carbocycles. The fourth-order valence-electron chi connectivity index (χ4n) is 2.70. The molecule has 20 heavy (non-hydrogen) atoms. The quantitative estimate of drug-likeness (QED) is 0.743. The van der Waals surface area contributed by atoms with E-state index in [4.69, 9.17) is 4.74 Å². The van der Waals surface area contributed by atoms with E-state index in [9.17, 15) is 4.79 Å². The zero-order valence-electron chi connectivity index (χ0n) is 11.4. The lowest BCUT2D eigenvalue weighted by atomic mass is 10.2. The van der Waals surface area contributed by atoms with Crippen molar-refractivity contribution in [1.29, 1.82) is 0 Å². The van der Waals surface area contributed by atoms with Gasteiger partial charge in [-0.3, -0.25) is 4.79 Å². The summed E-state index contributed by atoms with van der Waals surface area (Å²) < 4.78 is 5.79. The number of alkyl halides is 1. The maximum Gasteiger partial charge on any atom is 0.264 e. The second-order valence-electron chi connectivity index (χ2n) is 5.29. The molecule has 2 atom stereocenters. The number of hydrogen-bond acceptors (Lipinski definition) is 4. The molecular formula is C14H18BrNO2S2. The van der Waals surface area contributed by atoms with Crippen LogP contribution in [0.5, 0.6) is 0 Å². The van der Waals surface area contributed by atoms with E-state index in [1.165, 1.54) is 16.2 Å². The second-order valence-corrected chi connectivity index (χ2v) is 8.18. The molecule has 0 radical (unpaired) electrons. The van der Waals surface area contributed by atoms with Crippen molar-refractivity contribution in [2.45, 2.75) is 31.3 Å². The lowest BCUT2D eigenvalue weighted by Crippen LogP contribution is -2.49. The van der Waals surface area contributed by atoms with Gasteiger partial charge in [-0.1, -0.05) is 15.9 Å². The third-order valence-corrected chi connectivity index (χ3v) is 6.58. The molecule has 1 aromatic rings. The number of thiophene rings is 1. The molecule has 3 rings (SSSR count). The van der Waals surface area contributed by atoms with Gasteiger partial charge in [-0.15, -0.1) is 11.3 Å². The van der Waals surface area contributed by atoms with Gasteiger partial charge < -0.3 is 9.64 Å². The van der Waals surface area contributed by atoms with E-state index in [0.717, 1.165) is 22.4 Å². The molecule has 3 heterocycles. The van der Waals surface area contributed by atoms with Crippen LogP contribution in [0.2, 0.25) is 0 Å². The van der Waals surface area contributed by atoms with Gasteiger partial charge >= 0.3 is 0 Å². The number of ether oxygens (including phenoxy) is 1. The van der Waals surface area contributed by atoms with Gasteiger partial charge in [0.05, 0.1) is 17.1 Å². The van der Waals surface area contributed by atoms with Crippen molar-refractivity contribution in [3.63, 3.8) is 0 Å². The molecule has 110 valence electrons. The number of carbonyl (C=O) groups excluding carboxylic acids is 1. The molecule has 2 aliphatic rings. The van der Waals surface area contributed by atoms with Crippen LogP contribution in [0.3, 0.4) is 0 Å². The molecule has 0 spiro atoms. The number of carbonyl (C=O) groups is 1. The van der Waals surface area contributed by atoms with Crippen molar-refractivity contribution in [2.75, 3.05) is 24.2 Å². The van der Waals surface area contributed by atoms with E-state index in [2.05, 4.69) is 22.0 Å². The predicted octanol–water partition coefficient (Wildman–Crippen LogP) is 3.16. The SMILES string of the molecule is CC1CN(C(=O)c2cc3c(s2)CCSC3)CC(CBr)O1. The van der Waals surface area contributed by atoms with E-state index in [0.29, 0.717) is 13.1 Å². The molecule has 0 aliphatic carbocycles. The Balaban J connectivity index is 1.76. The molecule has 3 nitrogen and oxygen atoms in total. The molecule has 1 saturated heterocycles. The average molecular weight is 376 g/mol. The number of aryl methyl sites for hydroxylation is 1. The Bertz CT molecular complexity index is 482. The summed E-state index contributed by atoms with van der Waals surface area (Å²) in [5, 5.41) is 0.776.